The number of carbonyl (C=O) groups excluding carboxylic acids is 1. The van der Waals surface area contributed by atoms with Crippen LogP contribution in [0.2, 0.25) is 0 Å². The van der Waals surface area contributed by atoms with Crippen molar-refractivity contribution in [2.24, 2.45) is 5.92 Å². The van der Waals surface area contributed by atoms with E-state index in [0.717, 1.165) is 25.3 Å². The van der Waals surface area contributed by atoms with Crippen LogP contribution in [0.5, 0.6) is 0 Å². The van der Waals surface area contributed by atoms with Gasteiger partial charge in [0.25, 0.3) is 0 Å². The molecule has 0 aliphatic carbocycles. The number of hydrogen-bond donors (Lipinski definition) is 2. The Bertz CT molecular complexity index is 511. The van der Waals surface area contributed by atoms with Crippen LogP contribution in [-0.4, -0.2) is 37.1 Å². The first-order chi connectivity index (χ1) is 11.4. The molecule has 0 aromatic heterocycles. The molecule has 4 nitrogen and oxygen atoms in total. The molecule has 0 atom stereocenters. The van der Waals surface area contributed by atoms with Crippen LogP contribution in [0.3, 0.4) is 0 Å². The summed E-state index contributed by atoms with van der Waals surface area (Å²) in [6, 6.07) is 8.01. The molecule has 0 unspecified atom stereocenters. The SMILES string of the molecule is CCCN1CCC(CNC(=O)Nc2ccc(C(C)(C)C)cc2)CC1. The fourth-order valence-electron chi connectivity index (χ4n) is 3.20. The molecule has 0 bridgehead atoms. The Labute approximate surface area is 147 Å². The fourth-order valence-corrected chi connectivity index (χ4v) is 3.20. The lowest BCUT2D eigenvalue weighted by molar-refractivity contribution is 0.182. The van der Waals surface area contributed by atoms with Gasteiger partial charge in [0.15, 0.2) is 0 Å². The summed E-state index contributed by atoms with van der Waals surface area (Å²) in [5, 5.41) is 5.95. The number of benzene rings is 1. The number of nitrogens with zero attached hydrogens (tertiary/aromatic N) is 1. The second kappa shape index (κ2) is 8.52. The number of carbonyl (C=O) groups is 1. The highest BCUT2D eigenvalue weighted by Crippen LogP contribution is 2.23. The molecule has 0 radical (unpaired) electrons. The summed E-state index contributed by atoms with van der Waals surface area (Å²) in [5.41, 5.74) is 2.25. The van der Waals surface area contributed by atoms with Crippen LogP contribution < -0.4 is 10.6 Å². The molecule has 0 spiro atoms. The van der Waals surface area contributed by atoms with Crippen molar-refractivity contribution in [2.45, 2.75) is 52.4 Å². The van der Waals surface area contributed by atoms with Crippen molar-refractivity contribution in [1.82, 2.24) is 10.2 Å². The van der Waals surface area contributed by atoms with Crippen LogP contribution in [-0.2, 0) is 5.41 Å². The van der Waals surface area contributed by atoms with E-state index in [0.29, 0.717) is 5.92 Å². The first-order valence-corrected chi connectivity index (χ1v) is 9.26. The van der Waals surface area contributed by atoms with E-state index in [2.05, 4.69) is 55.4 Å². The molecule has 1 saturated heterocycles. The quantitative estimate of drug-likeness (QED) is 0.848. The largest absolute Gasteiger partial charge is 0.338 e. The van der Waals surface area contributed by atoms with Crippen LogP contribution in [0.1, 0.15) is 52.5 Å². The number of urea groups is 1. The van der Waals surface area contributed by atoms with Crippen LogP contribution >= 0.6 is 0 Å². The molecule has 0 saturated carbocycles. The molecule has 1 fully saturated rings. The molecule has 1 aliphatic rings. The van der Waals surface area contributed by atoms with Gasteiger partial charge in [0.05, 0.1) is 0 Å². The Kier molecular flexibility index (Phi) is 6.67. The van der Waals surface area contributed by atoms with Crippen LogP contribution in [0, 0.1) is 5.92 Å². The van der Waals surface area contributed by atoms with Gasteiger partial charge in [-0.25, -0.2) is 4.79 Å². The number of anilines is 1. The Morgan fingerprint density at radius 2 is 1.79 bits per heavy atom. The molecule has 2 rings (SSSR count). The molecule has 1 aromatic carbocycles. The predicted octanol–water partition coefficient (Wildman–Crippen LogP) is 4.23. The second-order valence-corrected chi connectivity index (χ2v) is 7.95. The van der Waals surface area contributed by atoms with Crippen LogP contribution in [0.4, 0.5) is 10.5 Å². The minimum atomic E-state index is -0.102. The van der Waals surface area contributed by atoms with Gasteiger partial charge in [-0.2, -0.15) is 0 Å². The Morgan fingerprint density at radius 1 is 1.17 bits per heavy atom. The fraction of sp³-hybridized carbons (Fsp3) is 0.650. The van der Waals surface area contributed by atoms with E-state index >= 15 is 0 Å². The number of hydrogen-bond acceptors (Lipinski definition) is 2. The first-order valence-electron chi connectivity index (χ1n) is 9.26. The third kappa shape index (κ3) is 5.82. The van der Waals surface area contributed by atoms with E-state index < -0.39 is 0 Å². The lowest BCUT2D eigenvalue weighted by Gasteiger charge is -2.31. The molecule has 2 amide bonds. The minimum Gasteiger partial charge on any atom is -0.338 e. The molecule has 1 aliphatic heterocycles. The number of nitrogens with one attached hydrogen (secondary N) is 2. The van der Waals surface area contributed by atoms with Gasteiger partial charge in [0.2, 0.25) is 0 Å². The zero-order chi connectivity index (χ0) is 17.6. The molecule has 4 heteroatoms. The van der Waals surface area contributed by atoms with Crippen molar-refractivity contribution in [1.29, 1.82) is 0 Å². The molecular weight excluding hydrogens is 298 g/mol. The Balaban J connectivity index is 1.72. The maximum Gasteiger partial charge on any atom is 0.319 e. The Morgan fingerprint density at radius 3 is 2.33 bits per heavy atom. The molecule has 1 aromatic rings. The highest BCUT2D eigenvalue weighted by Gasteiger charge is 2.19. The maximum absolute atomic E-state index is 12.1. The highest BCUT2D eigenvalue weighted by atomic mass is 16.2. The zero-order valence-electron chi connectivity index (χ0n) is 15.7. The minimum absolute atomic E-state index is 0.102. The van der Waals surface area contributed by atoms with Crippen molar-refractivity contribution < 1.29 is 4.79 Å². The molecular formula is C20H33N3O. The van der Waals surface area contributed by atoms with E-state index in [1.54, 1.807) is 0 Å². The van der Waals surface area contributed by atoms with Gasteiger partial charge in [-0.3, -0.25) is 0 Å². The standard InChI is InChI=1S/C20H33N3O/c1-5-12-23-13-10-16(11-14-23)15-21-19(24)22-18-8-6-17(7-9-18)20(2,3)4/h6-9,16H,5,10-15H2,1-4H3,(H2,21,22,24). The monoisotopic (exact) mass is 331 g/mol. The van der Waals surface area contributed by atoms with E-state index in [9.17, 15) is 4.79 Å². The van der Waals surface area contributed by atoms with Crippen molar-refractivity contribution in [3.63, 3.8) is 0 Å². The van der Waals surface area contributed by atoms with E-state index in [-0.39, 0.29) is 11.4 Å². The predicted molar refractivity (Wildman–Crippen MR) is 102 cm³/mol. The van der Waals surface area contributed by atoms with Gasteiger partial charge in [-0.05, 0) is 67.9 Å². The van der Waals surface area contributed by atoms with Gasteiger partial charge < -0.3 is 15.5 Å². The molecule has 2 N–H and O–H groups in total. The Hall–Kier alpha value is -1.55. The highest BCUT2D eigenvalue weighted by molar-refractivity contribution is 5.89. The number of piperidine rings is 1. The lowest BCUT2D eigenvalue weighted by atomic mass is 9.87. The first kappa shape index (κ1) is 18.8. The van der Waals surface area contributed by atoms with Crippen molar-refractivity contribution in [3.05, 3.63) is 29.8 Å². The number of rotatable bonds is 5. The third-order valence-corrected chi connectivity index (χ3v) is 4.81. The van der Waals surface area contributed by atoms with Gasteiger partial charge in [0, 0.05) is 12.2 Å². The van der Waals surface area contributed by atoms with Gasteiger partial charge in [-0.15, -0.1) is 0 Å². The van der Waals surface area contributed by atoms with Gasteiger partial charge in [-0.1, -0.05) is 39.8 Å². The summed E-state index contributed by atoms with van der Waals surface area (Å²) in [5.74, 6) is 0.604. The summed E-state index contributed by atoms with van der Waals surface area (Å²) >= 11 is 0. The average Bonchev–Trinajstić information content (AvgIpc) is 2.54. The van der Waals surface area contributed by atoms with Crippen molar-refractivity contribution in [2.75, 3.05) is 31.5 Å². The number of likely N-dealkylation sites (tertiary alicyclic amines) is 1. The number of amides is 2. The lowest BCUT2D eigenvalue weighted by Crippen LogP contribution is -2.40. The summed E-state index contributed by atoms with van der Waals surface area (Å²) < 4.78 is 0. The molecule has 1 heterocycles. The summed E-state index contributed by atoms with van der Waals surface area (Å²) in [4.78, 5) is 14.6. The van der Waals surface area contributed by atoms with Crippen molar-refractivity contribution in [3.8, 4) is 0 Å². The van der Waals surface area contributed by atoms with E-state index in [4.69, 9.17) is 0 Å². The van der Waals surface area contributed by atoms with Gasteiger partial charge >= 0.3 is 6.03 Å². The third-order valence-electron chi connectivity index (χ3n) is 4.81. The smallest absolute Gasteiger partial charge is 0.319 e. The molecule has 134 valence electrons. The maximum atomic E-state index is 12.1. The van der Waals surface area contributed by atoms with E-state index in [1.165, 1.54) is 31.4 Å². The van der Waals surface area contributed by atoms with Crippen molar-refractivity contribution >= 4 is 11.7 Å². The van der Waals surface area contributed by atoms with E-state index in [1.807, 2.05) is 12.1 Å². The van der Waals surface area contributed by atoms with Gasteiger partial charge in [0.1, 0.15) is 0 Å². The van der Waals surface area contributed by atoms with Crippen LogP contribution in [0.15, 0.2) is 24.3 Å². The summed E-state index contributed by atoms with van der Waals surface area (Å²) in [7, 11) is 0. The zero-order valence-corrected chi connectivity index (χ0v) is 15.7. The summed E-state index contributed by atoms with van der Waals surface area (Å²) in [6.07, 6.45) is 3.58. The van der Waals surface area contributed by atoms with Crippen LogP contribution in [0.25, 0.3) is 0 Å². The second-order valence-electron chi connectivity index (χ2n) is 7.95. The summed E-state index contributed by atoms with van der Waals surface area (Å²) in [6.45, 7) is 13.1. The molecule has 24 heavy (non-hydrogen) atoms. The average molecular weight is 332 g/mol. The normalized spacial score (nSPS) is 16.8. The topological polar surface area (TPSA) is 44.4 Å².